The number of allylic oxidation sites excluding steroid dienone is 2. The molecule has 0 aromatic carbocycles. The van der Waals surface area contributed by atoms with Gasteiger partial charge in [0.1, 0.15) is 6.10 Å². The molecule has 1 rings (SSSR count). The summed E-state index contributed by atoms with van der Waals surface area (Å²) in [7, 11) is 0. The lowest BCUT2D eigenvalue weighted by molar-refractivity contribution is 0.171. The highest BCUT2D eigenvalue weighted by Gasteiger charge is 2.24. The molecule has 1 heteroatoms. The van der Waals surface area contributed by atoms with Crippen LogP contribution in [0.1, 0.15) is 148 Å². The Bertz CT molecular complexity index is 539. The average Bonchev–Trinajstić information content (AvgIpc) is 3.09. The van der Waals surface area contributed by atoms with E-state index >= 15 is 0 Å². The maximum Gasteiger partial charge on any atom is 0.140 e. The lowest BCUT2D eigenvalue weighted by Gasteiger charge is -2.17. The lowest BCUT2D eigenvalue weighted by atomic mass is 10.0. The first-order chi connectivity index (χ1) is 16.0. The van der Waals surface area contributed by atoms with Gasteiger partial charge in [-0.3, -0.25) is 0 Å². The van der Waals surface area contributed by atoms with E-state index in [-0.39, 0.29) is 6.10 Å². The Labute approximate surface area is 207 Å². The second kappa shape index (κ2) is 20.2. The summed E-state index contributed by atoms with van der Waals surface area (Å²) < 4.78 is 5.98. The van der Waals surface area contributed by atoms with Gasteiger partial charge in [0.2, 0.25) is 0 Å². The topological polar surface area (TPSA) is 9.23 Å². The van der Waals surface area contributed by atoms with Crippen LogP contribution in [-0.2, 0) is 4.74 Å². The maximum absolute atomic E-state index is 5.98. The van der Waals surface area contributed by atoms with Crippen LogP contribution in [0.3, 0.4) is 0 Å². The third-order valence-corrected chi connectivity index (χ3v) is 7.10. The predicted molar refractivity (Wildman–Crippen MR) is 149 cm³/mol. The van der Waals surface area contributed by atoms with Crippen LogP contribution >= 0.6 is 0 Å². The number of unbranched alkanes of at least 4 members (excludes halogenated alkanes) is 17. The minimum atomic E-state index is 0.0319. The summed E-state index contributed by atoms with van der Waals surface area (Å²) >= 11 is 0. The van der Waals surface area contributed by atoms with Crippen LogP contribution in [0, 0.1) is 0 Å². The van der Waals surface area contributed by atoms with Gasteiger partial charge in [-0.05, 0) is 50.2 Å². The zero-order valence-corrected chi connectivity index (χ0v) is 22.4. The molecule has 1 aliphatic carbocycles. The molecule has 0 atom stereocenters. The number of ether oxygens (including phenoxy) is 1. The second-order valence-corrected chi connectivity index (χ2v) is 10.7. The molecule has 0 aromatic rings. The van der Waals surface area contributed by atoms with E-state index in [2.05, 4.69) is 33.2 Å². The zero-order valence-electron chi connectivity index (χ0n) is 22.4. The van der Waals surface area contributed by atoms with Gasteiger partial charge in [-0.1, -0.05) is 128 Å². The molecule has 1 nitrogen and oxygen atoms in total. The van der Waals surface area contributed by atoms with Gasteiger partial charge in [-0.25, -0.2) is 0 Å². The molecule has 0 N–H and O–H groups in total. The summed E-state index contributed by atoms with van der Waals surface area (Å²) in [6.07, 6.45) is 29.5. The Kier molecular flexibility index (Phi) is 18.2. The van der Waals surface area contributed by atoms with Gasteiger partial charge in [-0.15, -0.1) is 6.58 Å². The highest BCUT2D eigenvalue weighted by molar-refractivity contribution is 5.27. The monoisotopic (exact) mass is 456 g/mol. The normalized spacial score (nSPS) is 14.2. The molecular formula is C32H56O. The van der Waals surface area contributed by atoms with Gasteiger partial charge < -0.3 is 4.74 Å². The molecule has 190 valence electrons. The van der Waals surface area contributed by atoms with E-state index in [1.165, 1.54) is 128 Å². The van der Waals surface area contributed by atoms with Crippen LogP contribution in [0.25, 0.3) is 0 Å². The molecule has 0 saturated heterocycles. The van der Waals surface area contributed by atoms with E-state index < -0.39 is 0 Å². The smallest absolute Gasteiger partial charge is 0.140 e. The summed E-state index contributed by atoms with van der Waals surface area (Å²) in [6.45, 7) is 18.4. The molecular weight excluding hydrogens is 400 g/mol. The Hall–Kier alpha value is -1.24. The van der Waals surface area contributed by atoms with Crippen molar-refractivity contribution in [2.45, 2.75) is 154 Å². The SMILES string of the molecule is C=C(C)CCCCCCCCCCCCCCCCCCCCC(=C)OC1C(=C)CCC1=C. The lowest BCUT2D eigenvalue weighted by Crippen LogP contribution is -2.11. The van der Waals surface area contributed by atoms with Crippen molar-refractivity contribution >= 4 is 0 Å². The van der Waals surface area contributed by atoms with Crippen molar-refractivity contribution in [2.75, 3.05) is 0 Å². The van der Waals surface area contributed by atoms with Crippen LogP contribution < -0.4 is 0 Å². The molecule has 0 aromatic heterocycles. The molecule has 0 unspecified atom stereocenters. The molecule has 33 heavy (non-hydrogen) atoms. The van der Waals surface area contributed by atoms with Gasteiger partial charge in [0.05, 0.1) is 5.76 Å². The van der Waals surface area contributed by atoms with Crippen LogP contribution in [0.4, 0.5) is 0 Å². The standard InChI is InChI=1S/C32H56O/c1-28(2)24-22-20-18-16-14-12-10-8-6-7-9-11-13-15-17-19-21-23-25-31(5)33-32-29(3)26-27-30(32)4/h32H,1,3-27H2,2H3. The first-order valence-electron chi connectivity index (χ1n) is 14.3. The van der Waals surface area contributed by atoms with E-state index in [1.807, 2.05) is 0 Å². The highest BCUT2D eigenvalue weighted by Crippen LogP contribution is 2.32. The average molecular weight is 457 g/mol. The molecule has 0 amide bonds. The van der Waals surface area contributed by atoms with Crippen molar-refractivity contribution < 1.29 is 4.74 Å². The predicted octanol–water partition coefficient (Wildman–Crippen LogP) is 11.2. The summed E-state index contributed by atoms with van der Waals surface area (Å²) in [5.41, 5.74) is 3.67. The van der Waals surface area contributed by atoms with E-state index in [4.69, 9.17) is 4.74 Å². The Morgan fingerprint density at radius 3 is 1.21 bits per heavy atom. The fourth-order valence-electron chi connectivity index (χ4n) is 4.84. The third-order valence-electron chi connectivity index (χ3n) is 7.10. The Morgan fingerprint density at radius 1 is 0.576 bits per heavy atom. The third kappa shape index (κ3) is 16.9. The summed E-state index contributed by atoms with van der Waals surface area (Å²) in [6, 6.07) is 0. The zero-order chi connectivity index (χ0) is 24.2. The molecule has 1 saturated carbocycles. The number of hydrogen-bond donors (Lipinski definition) is 0. The van der Waals surface area contributed by atoms with Crippen molar-refractivity contribution in [3.05, 3.63) is 48.8 Å². The van der Waals surface area contributed by atoms with Crippen LogP contribution in [0.15, 0.2) is 48.8 Å². The minimum Gasteiger partial charge on any atom is -0.487 e. The fraction of sp³-hybridized carbons (Fsp3) is 0.750. The molecule has 1 fully saturated rings. The quantitative estimate of drug-likeness (QED) is 0.0843. The van der Waals surface area contributed by atoms with E-state index in [0.717, 1.165) is 36.2 Å². The number of rotatable bonds is 23. The first-order valence-corrected chi connectivity index (χ1v) is 14.3. The largest absolute Gasteiger partial charge is 0.487 e. The summed E-state index contributed by atoms with van der Waals surface area (Å²) in [4.78, 5) is 0. The molecule has 0 spiro atoms. The van der Waals surface area contributed by atoms with Gasteiger partial charge in [0.25, 0.3) is 0 Å². The summed E-state index contributed by atoms with van der Waals surface area (Å²) in [5.74, 6) is 0.915. The van der Waals surface area contributed by atoms with Gasteiger partial charge in [0.15, 0.2) is 0 Å². The fourth-order valence-corrected chi connectivity index (χ4v) is 4.84. The van der Waals surface area contributed by atoms with E-state index in [9.17, 15) is 0 Å². The Morgan fingerprint density at radius 2 is 0.879 bits per heavy atom. The number of hydrogen-bond acceptors (Lipinski definition) is 1. The highest BCUT2D eigenvalue weighted by atomic mass is 16.5. The first kappa shape index (κ1) is 29.8. The maximum atomic E-state index is 5.98. The van der Waals surface area contributed by atoms with Crippen molar-refractivity contribution in [2.24, 2.45) is 0 Å². The van der Waals surface area contributed by atoms with Crippen LogP contribution in [0.5, 0.6) is 0 Å². The van der Waals surface area contributed by atoms with E-state index in [0.29, 0.717) is 0 Å². The molecule has 0 bridgehead atoms. The Balaban J connectivity index is 1.74. The molecule has 0 heterocycles. The van der Waals surface area contributed by atoms with Crippen LogP contribution in [0.2, 0.25) is 0 Å². The van der Waals surface area contributed by atoms with E-state index in [1.54, 1.807) is 0 Å². The van der Waals surface area contributed by atoms with Crippen molar-refractivity contribution in [1.82, 2.24) is 0 Å². The van der Waals surface area contributed by atoms with Gasteiger partial charge in [0, 0.05) is 6.42 Å². The molecule has 0 aliphatic heterocycles. The minimum absolute atomic E-state index is 0.0319. The van der Waals surface area contributed by atoms with Crippen molar-refractivity contribution in [3.8, 4) is 0 Å². The molecule has 1 aliphatic rings. The molecule has 0 radical (unpaired) electrons. The van der Waals surface area contributed by atoms with Crippen LogP contribution in [-0.4, -0.2) is 6.10 Å². The van der Waals surface area contributed by atoms with Gasteiger partial charge >= 0.3 is 0 Å². The van der Waals surface area contributed by atoms with Crippen molar-refractivity contribution in [3.63, 3.8) is 0 Å². The second-order valence-electron chi connectivity index (χ2n) is 10.7. The summed E-state index contributed by atoms with van der Waals surface area (Å²) in [5, 5.41) is 0. The van der Waals surface area contributed by atoms with Crippen molar-refractivity contribution in [1.29, 1.82) is 0 Å². The van der Waals surface area contributed by atoms with Gasteiger partial charge in [-0.2, -0.15) is 0 Å².